The van der Waals surface area contributed by atoms with Crippen LogP contribution in [0.25, 0.3) is 6.08 Å². The quantitative estimate of drug-likeness (QED) is 0.189. The first-order valence-electron chi connectivity index (χ1n) is 11.2. The summed E-state index contributed by atoms with van der Waals surface area (Å²) in [4.78, 5) is 24.2. The second-order valence-corrected chi connectivity index (χ2v) is 8.84. The molecule has 0 spiro atoms. The monoisotopic (exact) mass is 404 g/mol. The highest BCUT2D eigenvalue weighted by molar-refractivity contribution is 5.95. The van der Waals surface area contributed by atoms with Gasteiger partial charge in [-0.05, 0) is 49.8 Å². The van der Waals surface area contributed by atoms with Crippen LogP contribution in [-0.2, 0) is 9.53 Å². The summed E-state index contributed by atoms with van der Waals surface area (Å²) < 4.78 is 10.6. The number of carbonyl (C=O) groups is 2. The van der Waals surface area contributed by atoms with Crippen molar-refractivity contribution in [1.29, 1.82) is 0 Å². The number of Topliss-reactive ketones (excluding diaryl/α,β-unsaturated/α-hetero) is 1. The van der Waals surface area contributed by atoms with E-state index in [-0.39, 0.29) is 11.8 Å². The average Bonchev–Trinajstić information content (AvgIpc) is 3.10. The van der Waals surface area contributed by atoms with Gasteiger partial charge in [0, 0.05) is 12.0 Å². The predicted octanol–water partition coefficient (Wildman–Crippen LogP) is 7.09. The van der Waals surface area contributed by atoms with Crippen LogP contribution in [0.3, 0.4) is 0 Å². The van der Waals surface area contributed by atoms with E-state index in [0.29, 0.717) is 36.0 Å². The summed E-state index contributed by atoms with van der Waals surface area (Å²) in [6.45, 7) is 12.8. The van der Waals surface area contributed by atoms with Gasteiger partial charge in [0.15, 0.2) is 11.5 Å². The summed E-state index contributed by atoms with van der Waals surface area (Å²) in [5.41, 5.74) is 0.455. The Morgan fingerprint density at radius 2 is 1.62 bits per heavy atom. The van der Waals surface area contributed by atoms with Gasteiger partial charge < -0.3 is 9.15 Å². The zero-order valence-electron chi connectivity index (χ0n) is 19.3. The highest BCUT2D eigenvalue weighted by Gasteiger charge is 2.16. The zero-order valence-corrected chi connectivity index (χ0v) is 19.3. The van der Waals surface area contributed by atoms with Gasteiger partial charge in [-0.15, -0.1) is 0 Å². The number of hydrogen-bond donors (Lipinski definition) is 0. The molecule has 29 heavy (non-hydrogen) atoms. The minimum atomic E-state index is -0.371. The Morgan fingerprint density at radius 1 is 1.00 bits per heavy atom. The van der Waals surface area contributed by atoms with E-state index >= 15 is 0 Å². The molecule has 0 radical (unpaired) electrons. The molecule has 2 atom stereocenters. The summed E-state index contributed by atoms with van der Waals surface area (Å²) in [5.74, 6) is 2.41. The summed E-state index contributed by atoms with van der Waals surface area (Å²) >= 11 is 0. The number of carbonyl (C=O) groups excluding carboxylic acids is 2. The summed E-state index contributed by atoms with van der Waals surface area (Å²) in [7, 11) is 0. The molecule has 0 amide bonds. The Balaban J connectivity index is 2.39. The van der Waals surface area contributed by atoms with Crippen LogP contribution in [0.1, 0.15) is 103 Å². The van der Waals surface area contributed by atoms with E-state index in [1.54, 1.807) is 32.1 Å². The van der Waals surface area contributed by atoms with Crippen LogP contribution in [-0.4, -0.2) is 18.4 Å². The molecule has 0 aliphatic heterocycles. The minimum Gasteiger partial charge on any atom is -0.463 e. The molecule has 0 saturated heterocycles. The largest absolute Gasteiger partial charge is 0.463 e. The molecule has 0 aromatic carbocycles. The zero-order chi connectivity index (χ0) is 21.8. The van der Waals surface area contributed by atoms with Crippen LogP contribution in [0.2, 0.25) is 0 Å². The number of rotatable bonds is 14. The maximum Gasteiger partial charge on any atom is 0.333 e. The van der Waals surface area contributed by atoms with Crippen LogP contribution in [0.5, 0.6) is 0 Å². The lowest BCUT2D eigenvalue weighted by Crippen LogP contribution is -2.06. The van der Waals surface area contributed by atoms with Gasteiger partial charge in [-0.3, -0.25) is 4.79 Å². The smallest absolute Gasteiger partial charge is 0.333 e. The third-order valence-corrected chi connectivity index (χ3v) is 5.26. The van der Waals surface area contributed by atoms with E-state index in [1.807, 2.05) is 0 Å². The molecular formula is C25H40O4. The Kier molecular flexibility index (Phi) is 11.6. The summed E-state index contributed by atoms with van der Waals surface area (Å²) in [6, 6.07) is 3.41. The molecule has 0 aliphatic rings. The van der Waals surface area contributed by atoms with Crippen LogP contribution in [0.15, 0.2) is 22.1 Å². The fraction of sp³-hybridized carbons (Fsp3) is 0.680. The summed E-state index contributed by atoms with van der Waals surface area (Å²) in [5, 5.41) is 0. The Bertz CT molecular complexity index is 654. The van der Waals surface area contributed by atoms with Crippen molar-refractivity contribution in [2.45, 2.75) is 86.5 Å². The molecule has 1 heterocycles. The van der Waals surface area contributed by atoms with E-state index in [9.17, 15) is 9.59 Å². The molecule has 4 nitrogen and oxygen atoms in total. The van der Waals surface area contributed by atoms with Crippen molar-refractivity contribution < 1.29 is 18.7 Å². The molecule has 0 bridgehead atoms. The van der Waals surface area contributed by atoms with Crippen LogP contribution < -0.4 is 0 Å². The van der Waals surface area contributed by atoms with Gasteiger partial charge in [-0.2, -0.15) is 0 Å². The van der Waals surface area contributed by atoms with E-state index in [4.69, 9.17) is 9.15 Å². The number of esters is 1. The molecule has 164 valence electrons. The number of ketones is 1. The second-order valence-electron chi connectivity index (χ2n) is 8.84. The lowest BCUT2D eigenvalue weighted by atomic mass is 9.92. The molecule has 2 unspecified atom stereocenters. The fourth-order valence-electron chi connectivity index (χ4n) is 3.45. The van der Waals surface area contributed by atoms with Gasteiger partial charge in [0.1, 0.15) is 5.76 Å². The van der Waals surface area contributed by atoms with Crippen molar-refractivity contribution in [3.05, 3.63) is 29.2 Å². The molecule has 1 rings (SSSR count). The number of furan rings is 1. The van der Waals surface area contributed by atoms with E-state index in [0.717, 1.165) is 18.3 Å². The van der Waals surface area contributed by atoms with Crippen molar-refractivity contribution in [3.63, 3.8) is 0 Å². The van der Waals surface area contributed by atoms with Crippen LogP contribution in [0, 0.1) is 17.8 Å². The number of hydrogen-bond acceptors (Lipinski definition) is 4. The maximum atomic E-state index is 12.5. The Morgan fingerprint density at radius 3 is 2.24 bits per heavy atom. The molecule has 0 fully saturated rings. The lowest BCUT2D eigenvalue weighted by molar-refractivity contribution is -0.138. The van der Waals surface area contributed by atoms with Crippen LogP contribution in [0.4, 0.5) is 0 Å². The average molecular weight is 405 g/mol. The van der Waals surface area contributed by atoms with E-state index in [2.05, 4.69) is 27.7 Å². The van der Waals surface area contributed by atoms with Gasteiger partial charge >= 0.3 is 5.97 Å². The first kappa shape index (κ1) is 25.2. The minimum absolute atomic E-state index is 0.0240. The van der Waals surface area contributed by atoms with Gasteiger partial charge in [0.25, 0.3) is 0 Å². The van der Waals surface area contributed by atoms with Crippen molar-refractivity contribution >= 4 is 17.8 Å². The first-order chi connectivity index (χ1) is 13.7. The van der Waals surface area contributed by atoms with Gasteiger partial charge in [0.2, 0.25) is 0 Å². The molecule has 0 aliphatic carbocycles. The predicted molar refractivity (Wildman–Crippen MR) is 119 cm³/mol. The topological polar surface area (TPSA) is 56.5 Å². The van der Waals surface area contributed by atoms with E-state index < -0.39 is 0 Å². The number of ether oxygens (including phenoxy) is 1. The van der Waals surface area contributed by atoms with Crippen LogP contribution >= 0.6 is 0 Å². The van der Waals surface area contributed by atoms with Gasteiger partial charge in [0.05, 0.1) is 6.61 Å². The summed E-state index contributed by atoms with van der Waals surface area (Å²) in [6.07, 6.45) is 9.51. The highest BCUT2D eigenvalue weighted by Crippen LogP contribution is 2.22. The van der Waals surface area contributed by atoms with Crippen molar-refractivity contribution in [2.24, 2.45) is 17.8 Å². The Hall–Kier alpha value is -1.84. The molecule has 1 aromatic rings. The molecule has 0 saturated carbocycles. The Labute approximate surface area is 177 Å². The van der Waals surface area contributed by atoms with Gasteiger partial charge in [-0.1, -0.05) is 66.2 Å². The molecule has 0 N–H and O–H groups in total. The lowest BCUT2D eigenvalue weighted by Gasteiger charge is -2.14. The highest BCUT2D eigenvalue weighted by atomic mass is 16.5. The molecule has 1 aromatic heterocycles. The first-order valence-corrected chi connectivity index (χ1v) is 11.2. The second kappa shape index (κ2) is 13.4. The van der Waals surface area contributed by atoms with Gasteiger partial charge in [-0.25, -0.2) is 4.79 Å². The third-order valence-electron chi connectivity index (χ3n) is 5.26. The van der Waals surface area contributed by atoms with Crippen molar-refractivity contribution in [2.75, 3.05) is 6.61 Å². The SMILES string of the molecule is CCOC(=O)C(C)=Cc1ccc(C(=O)CC(C)CCCC(C)CCCC(C)C)o1. The van der Waals surface area contributed by atoms with E-state index in [1.165, 1.54) is 32.1 Å². The standard InChI is InChI=1S/C25H40O4/c1-7-28-25(27)21(6)17-22-14-15-24(29-22)23(26)16-20(5)13-9-12-19(4)11-8-10-18(2)3/h14-15,17-20H,7-13,16H2,1-6H3. The normalized spacial score (nSPS) is 14.1. The maximum absolute atomic E-state index is 12.5. The fourth-order valence-corrected chi connectivity index (χ4v) is 3.45. The molecule has 4 heteroatoms. The third kappa shape index (κ3) is 10.5. The molecular weight excluding hydrogens is 364 g/mol. The van der Waals surface area contributed by atoms with Crippen molar-refractivity contribution in [3.8, 4) is 0 Å². The van der Waals surface area contributed by atoms with Crippen molar-refractivity contribution in [1.82, 2.24) is 0 Å².